The Morgan fingerprint density at radius 2 is 1.79 bits per heavy atom. The number of nitrogens with one attached hydrogen (secondary N) is 1. The number of anilines is 1. The minimum absolute atomic E-state index is 0.126. The zero-order valence-electron chi connectivity index (χ0n) is 15.0. The largest absolute Gasteiger partial charge is 0.417 e. The maximum Gasteiger partial charge on any atom is 0.417 e. The molecule has 0 aliphatic carbocycles. The minimum Gasteiger partial charge on any atom is -0.354 e. The third kappa shape index (κ3) is 5.19. The van der Waals surface area contributed by atoms with Crippen LogP contribution < -0.4 is 10.2 Å². The SMILES string of the molecule is O=C(CN1CCN(c2ccc(C(F)(F)F)cn2)CC1)NCc1ccccc1F. The number of nitrogens with zero attached hydrogens (tertiary/aromatic N) is 3. The van der Waals surface area contributed by atoms with Gasteiger partial charge < -0.3 is 10.2 Å². The number of carbonyl (C=O) groups is 1. The molecule has 9 heteroatoms. The predicted octanol–water partition coefficient (Wildman–Crippen LogP) is 2.68. The van der Waals surface area contributed by atoms with Crippen molar-refractivity contribution in [1.29, 1.82) is 0 Å². The summed E-state index contributed by atoms with van der Waals surface area (Å²) in [4.78, 5) is 19.8. The van der Waals surface area contributed by atoms with E-state index in [1.165, 1.54) is 12.1 Å². The Labute approximate surface area is 160 Å². The molecule has 1 aromatic carbocycles. The fourth-order valence-electron chi connectivity index (χ4n) is 2.97. The molecular weight excluding hydrogens is 376 g/mol. The fraction of sp³-hybridized carbons (Fsp3) is 0.368. The number of amides is 1. The first kappa shape index (κ1) is 20.1. The molecule has 1 saturated heterocycles. The summed E-state index contributed by atoms with van der Waals surface area (Å²) in [6.45, 7) is 2.58. The lowest BCUT2D eigenvalue weighted by atomic mass is 10.2. The van der Waals surface area contributed by atoms with Crippen LogP contribution in [0.4, 0.5) is 23.4 Å². The summed E-state index contributed by atoms with van der Waals surface area (Å²) in [5, 5.41) is 2.70. The van der Waals surface area contributed by atoms with Crippen LogP contribution in [-0.4, -0.2) is 48.5 Å². The normalized spacial score (nSPS) is 15.5. The van der Waals surface area contributed by atoms with E-state index in [4.69, 9.17) is 0 Å². The van der Waals surface area contributed by atoms with Crippen molar-refractivity contribution in [3.8, 4) is 0 Å². The Balaban J connectivity index is 1.45. The van der Waals surface area contributed by atoms with E-state index < -0.39 is 11.7 Å². The lowest BCUT2D eigenvalue weighted by molar-refractivity contribution is -0.137. The van der Waals surface area contributed by atoms with Gasteiger partial charge in [0.1, 0.15) is 11.6 Å². The molecule has 1 aliphatic heterocycles. The molecule has 0 radical (unpaired) electrons. The monoisotopic (exact) mass is 396 g/mol. The van der Waals surface area contributed by atoms with Crippen LogP contribution in [0.2, 0.25) is 0 Å². The van der Waals surface area contributed by atoms with Crippen LogP contribution in [-0.2, 0) is 17.5 Å². The van der Waals surface area contributed by atoms with Crippen molar-refractivity contribution in [3.63, 3.8) is 0 Å². The summed E-state index contributed by atoms with van der Waals surface area (Å²) in [5.74, 6) is -0.0820. The summed E-state index contributed by atoms with van der Waals surface area (Å²) in [6.07, 6.45) is -3.57. The number of carbonyl (C=O) groups excluding carboxylic acids is 1. The van der Waals surface area contributed by atoms with Crippen LogP contribution in [0.25, 0.3) is 0 Å². The maximum atomic E-state index is 13.6. The van der Waals surface area contributed by atoms with Crippen molar-refractivity contribution >= 4 is 11.7 Å². The second kappa shape index (κ2) is 8.55. The summed E-state index contributed by atoms with van der Waals surface area (Å²) >= 11 is 0. The van der Waals surface area contributed by atoms with Gasteiger partial charge in [0.2, 0.25) is 5.91 Å². The molecule has 0 unspecified atom stereocenters. The molecule has 150 valence electrons. The van der Waals surface area contributed by atoms with Gasteiger partial charge in [-0.05, 0) is 18.2 Å². The summed E-state index contributed by atoms with van der Waals surface area (Å²) in [6, 6.07) is 8.64. The molecule has 0 spiro atoms. The predicted molar refractivity (Wildman–Crippen MR) is 96.1 cm³/mol. The average molecular weight is 396 g/mol. The quantitative estimate of drug-likeness (QED) is 0.790. The fourth-order valence-corrected chi connectivity index (χ4v) is 2.97. The average Bonchev–Trinajstić information content (AvgIpc) is 2.67. The van der Waals surface area contributed by atoms with Crippen molar-refractivity contribution in [2.75, 3.05) is 37.6 Å². The number of aromatic nitrogens is 1. The van der Waals surface area contributed by atoms with E-state index in [-0.39, 0.29) is 24.8 Å². The van der Waals surface area contributed by atoms with Gasteiger partial charge in [0.15, 0.2) is 0 Å². The van der Waals surface area contributed by atoms with Gasteiger partial charge in [-0.3, -0.25) is 9.69 Å². The number of benzene rings is 1. The molecule has 0 atom stereocenters. The molecular formula is C19H20F4N4O. The van der Waals surface area contributed by atoms with Crippen molar-refractivity contribution in [1.82, 2.24) is 15.2 Å². The molecule has 3 rings (SSSR count). The van der Waals surface area contributed by atoms with Crippen molar-refractivity contribution in [2.24, 2.45) is 0 Å². The van der Waals surface area contributed by atoms with E-state index >= 15 is 0 Å². The Bertz CT molecular complexity index is 802. The van der Waals surface area contributed by atoms with E-state index in [1.54, 1.807) is 18.2 Å². The number of alkyl halides is 3. The topological polar surface area (TPSA) is 48.5 Å². The molecule has 1 aromatic heterocycles. The van der Waals surface area contributed by atoms with Gasteiger partial charge in [-0.2, -0.15) is 13.2 Å². The van der Waals surface area contributed by atoms with Crippen LogP contribution in [0.15, 0.2) is 42.6 Å². The number of piperazine rings is 1. The van der Waals surface area contributed by atoms with E-state index in [0.717, 1.165) is 12.3 Å². The first-order valence-corrected chi connectivity index (χ1v) is 8.83. The highest BCUT2D eigenvalue weighted by Gasteiger charge is 2.31. The van der Waals surface area contributed by atoms with Crippen LogP contribution in [0.1, 0.15) is 11.1 Å². The van der Waals surface area contributed by atoms with E-state index in [2.05, 4.69) is 10.3 Å². The van der Waals surface area contributed by atoms with Crippen molar-refractivity contribution in [3.05, 3.63) is 59.5 Å². The van der Waals surface area contributed by atoms with Crippen molar-refractivity contribution in [2.45, 2.75) is 12.7 Å². The molecule has 0 bridgehead atoms. The number of rotatable bonds is 5. The number of hydrogen-bond acceptors (Lipinski definition) is 4. The molecule has 28 heavy (non-hydrogen) atoms. The van der Waals surface area contributed by atoms with Crippen LogP contribution >= 0.6 is 0 Å². The molecule has 0 saturated carbocycles. The zero-order valence-corrected chi connectivity index (χ0v) is 15.0. The van der Waals surface area contributed by atoms with Gasteiger partial charge in [-0.25, -0.2) is 9.37 Å². The van der Waals surface area contributed by atoms with Gasteiger partial charge >= 0.3 is 6.18 Å². The molecule has 1 aliphatic rings. The molecule has 2 aromatic rings. The Morgan fingerprint density at radius 3 is 2.39 bits per heavy atom. The third-order valence-corrected chi connectivity index (χ3v) is 4.57. The standard InChI is InChI=1S/C19H20F4N4O/c20-16-4-2-1-3-14(16)11-25-18(28)13-26-7-9-27(10-8-26)17-6-5-15(12-24-17)19(21,22)23/h1-6,12H,7-11,13H2,(H,25,28). The van der Waals surface area contributed by atoms with Crippen LogP contribution in [0.3, 0.4) is 0 Å². The second-order valence-corrected chi connectivity index (χ2v) is 6.53. The third-order valence-electron chi connectivity index (χ3n) is 4.57. The highest BCUT2D eigenvalue weighted by molar-refractivity contribution is 5.78. The Morgan fingerprint density at radius 1 is 1.07 bits per heavy atom. The van der Waals surface area contributed by atoms with Gasteiger partial charge in [-0.1, -0.05) is 18.2 Å². The molecule has 1 amide bonds. The maximum absolute atomic E-state index is 13.6. The second-order valence-electron chi connectivity index (χ2n) is 6.53. The van der Waals surface area contributed by atoms with Gasteiger partial charge in [0.05, 0.1) is 12.1 Å². The summed E-state index contributed by atoms with van der Waals surface area (Å²) in [5.41, 5.74) is -0.351. The number of pyridine rings is 1. The molecule has 5 nitrogen and oxygen atoms in total. The van der Waals surface area contributed by atoms with Crippen LogP contribution in [0, 0.1) is 5.82 Å². The highest BCUT2D eigenvalue weighted by Crippen LogP contribution is 2.29. The number of halogens is 4. The lowest BCUT2D eigenvalue weighted by Gasteiger charge is -2.35. The molecule has 1 N–H and O–H groups in total. The van der Waals surface area contributed by atoms with E-state index in [9.17, 15) is 22.4 Å². The van der Waals surface area contributed by atoms with E-state index in [1.807, 2.05) is 9.80 Å². The number of hydrogen-bond donors (Lipinski definition) is 1. The van der Waals surface area contributed by atoms with Gasteiger partial charge in [0.25, 0.3) is 0 Å². The van der Waals surface area contributed by atoms with Gasteiger partial charge in [0, 0.05) is 44.5 Å². The first-order chi connectivity index (χ1) is 13.3. The Hall–Kier alpha value is -2.68. The summed E-state index contributed by atoms with van der Waals surface area (Å²) in [7, 11) is 0. The zero-order chi connectivity index (χ0) is 20.1. The highest BCUT2D eigenvalue weighted by atomic mass is 19.4. The van der Waals surface area contributed by atoms with Crippen LogP contribution in [0.5, 0.6) is 0 Å². The van der Waals surface area contributed by atoms with Gasteiger partial charge in [-0.15, -0.1) is 0 Å². The minimum atomic E-state index is -4.40. The summed E-state index contributed by atoms with van der Waals surface area (Å²) < 4.78 is 51.4. The van der Waals surface area contributed by atoms with E-state index in [0.29, 0.717) is 37.6 Å². The molecule has 2 heterocycles. The van der Waals surface area contributed by atoms with Crippen molar-refractivity contribution < 1.29 is 22.4 Å². The lowest BCUT2D eigenvalue weighted by Crippen LogP contribution is -2.49. The first-order valence-electron chi connectivity index (χ1n) is 8.83. The smallest absolute Gasteiger partial charge is 0.354 e. The Kier molecular flexibility index (Phi) is 6.13. The molecule has 1 fully saturated rings.